The Morgan fingerprint density at radius 1 is 1.59 bits per heavy atom. The summed E-state index contributed by atoms with van der Waals surface area (Å²) in [4.78, 5) is 15.3. The Bertz CT molecular complexity index is 404. The Balaban J connectivity index is 2.17. The summed E-state index contributed by atoms with van der Waals surface area (Å²) in [5, 5.41) is 12.9. The average molecular weight is 240 g/mol. The Morgan fingerprint density at radius 3 is 3.00 bits per heavy atom. The number of carboxylic acids is 1. The van der Waals surface area contributed by atoms with E-state index in [9.17, 15) is 4.79 Å². The van der Waals surface area contributed by atoms with Crippen LogP contribution in [0.25, 0.3) is 0 Å². The predicted octanol–water partition coefficient (Wildman–Crippen LogP) is 1.75. The monoisotopic (exact) mass is 240 g/mol. The fourth-order valence-corrected chi connectivity index (χ4v) is 2.22. The molecule has 0 amide bonds. The van der Waals surface area contributed by atoms with Gasteiger partial charge >= 0.3 is 5.97 Å². The molecule has 1 N–H and O–H groups in total. The van der Waals surface area contributed by atoms with Crippen molar-refractivity contribution >= 4 is 5.97 Å². The molecule has 0 bridgehead atoms. The second-order valence-electron chi connectivity index (χ2n) is 4.35. The number of ether oxygens (including phenoxy) is 1. The fraction of sp³-hybridized carbons (Fsp3) is 0.727. The van der Waals surface area contributed by atoms with Gasteiger partial charge in [0.1, 0.15) is 6.10 Å². The van der Waals surface area contributed by atoms with Gasteiger partial charge in [-0.15, -0.1) is 0 Å². The molecule has 0 spiro atoms. The first kappa shape index (κ1) is 12.0. The highest BCUT2D eigenvalue weighted by molar-refractivity contribution is 5.71. The largest absolute Gasteiger partial charge is 0.481 e. The Kier molecular flexibility index (Phi) is 3.42. The van der Waals surface area contributed by atoms with Crippen LogP contribution in [-0.4, -0.2) is 28.3 Å². The second-order valence-corrected chi connectivity index (χ2v) is 4.35. The molecule has 17 heavy (non-hydrogen) atoms. The van der Waals surface area contributed by atoms with Crippen molar-refractivity contribution in [2.75, 3.05) is 7.11 Å². The van der Waals surface area contributed by atoms with Crippen molar-refractivity contribution in [1.82, 2.24) is 10.1 Å². The summed E-state index contributed by atoms with van der Waals surface area (Å²) in [5.41, 5.74) is 0. The zero-order valence-electron chi connectivity index (χ0n) is 9.92. The van der Waals surface area contributed by atoms with Crippen molar-refractivity contribution in [2.45, 2.75) is 38.2 Å². The number of carboxylic acid groups (broad SMARTS) is 1. The van der Waals surface area contributed by atoms with Gasteiger partial charge < -0.3 is 14.4 Å². The molecule has 1 fully saturated rings. The number of methoxy groups -OCH3 is 1. The van der Waals surface area contributed by atoms with E-state index in [-0.39, 0.29) is 12.0 Å². The van der Waals surface area contributed by atoms with Crippen LogP contribution in [0.2, 0.25) is 0 Å². The number of aliphatic carboxylic acids is 1. The van der Waals surface area contributed by atoms with Crippen molar-refractivity contribution in [3.8, 4) is 0 Å². The second kappa shape index (κ2) is 4.83. The zero-order chi connectivity index (χ0) is 12.4. The highest BCUT2D eigenvalue weighted by Gasteiger charge is 2.37. The maximum absolute atomic E-state index is 11.1. The topological polar surface area (TPSA) is 85.5 Å². The van der Waals surface area contributed by atoms with E-state index in [2.05, 4.69) is 10.1 Å². The van der Waals surface area contributed by atoms with Gasteiger partial charge in [0.25, 0.3) is 0 Å². The van der Waals surface area contributed by atoms with Gasteiger partial charge in [-0.1, -0.05) is 11.6 Å². The molecule has 1 saturated carbocycles. The molecule has 3 unspecified atom stereocenters. The lowest BCUT2D eigenvalue weighted by atomic mass is 9.96. The number of hydrogen-bond donors (Lipinski definition) is 1. The van der Waals surface area contributed by atoms with Gasteiger partial charge in [-0.2, -0.15) is 4.98 Å². The van der Waals surface area contributed by atoms with Gasteiger partial charge in [0.15, 0.2) is 5.82 Å². The van der Waals surface area contributed by atoms with E-state index in [4.69, 9.17) is 14.4 Å². The third-order valence-corrected chi connectivity index (χ3v) is 3.32. The Morgan fingerprint density at radius 2 is 2.35 bits per heavy atom. The van der Waals surface area contributed by atoms with E-state index in [0.29, 0.717) is 18.1 Å². The zero-order valence-corrected chi connectivity index (χ0v) is 9.92. The molecule has 1 aromatic rings. The van der Waals surface area contributed by atoms with Gasteiger partial charge in [-0.25, -0.2) is 0 Å². The van der Waals surface area contributed by atoms with E-state index in [1.165, 1.54) is 0 Å². The van der Waals surface area contributed by atoms with Crippen molar-refractivity contribution in [2.24, 2.45) is 5.92 Å². The first-order valence-electron chi connectivity index (χ1n) is 5.72. The Hall–Kier alpha value is -1.43. The fourth-order valence-electron chi connectivity index (χ4n) is 2.22. The van der Waals surface area contributed by atoms with Crippen molar-refractivity contribution in [3.05, 3.63) is 11.7 Å². The van der Waals surface area contributed by atoms with Gasteiger partial charge in [0.05, 0.1) is 11.8 Å². The minimum Gasteiger partial charge on any atom is -0.481 e. The lowest BCUT2D eigenvalue weighted by Gasteiger charge is -2.10. The van der Waals surface area contributed by atoms with E-state index in [0.717, 1.165) is 12.8 Å². The SMILES string of the molecule is COC(C)c1noc(C2CCCC2C(=O)O)n1. The van der Waals surface area contributed by atoms with Crippen LogP contribution in [0.4, 0.5) is 0 Å². The van der Waals surface area contributed by atoms with Gasteiger partial charge in [0.2, 0.25) is 5.89 Å². The molecular weight excluding hydrogens is 224 g/mol. The number of aromatic nitrogens is 2. The van der Waals surface area contributed by atoms with Gasteiger partial charge in [0, 0.05) is 7.11 Å². The summed E-state index contributed by atoms with van der Waals surface area (Å²) < 4.78 is 10.2. The smallest absolute Gasteiger partial charge is 0.307 e. The quantitative estimate of drug-likeness (QED) is 0.862. The molecule has 1 aliphatic carbocycles. The van der Waals surface area contributed by atoms with E-state index in [1.54, 1.807) is 7.11 Å². The predicted molar refractivity (Wildman–Crippen MR) is 57.4 cm³/mol. The molecule has 6 nitrogen and oxygen atoms in total. The molecule has 94 valence electrons. The van der Waals surface area contributed by atoms with Crippen molar-refractivity contribution in [1.29, 1.82) is 0 Å². The Labute approximate surface area is 99.0 Å². The summed E-state index contributed by atoms with van der Waals surface area (Å²) in [5.74, 6) is -0.446. The molecule has 0 aromatic carbocycles. The maximum Gasteiger partial charge on any atom is 0.307 e. The molecule has 3 atom stereocenters. The van der Waals surface area contributed by atoms with Gasteiger partial charge in [-0.05, 0) is 19.8 Å². The first-order chi connectivity index (χ1) is 8.13. The standard InChI is InChI=1S/C11H16N2O4/c1-6(16-2)9-12-10(17-13-9)7-4-3-5-8(7)11(14)15/h6-8H,3-5H2,1-2H3,(H,14,15). The molecule has 1 aromatic heterocycles. The third kappa shape index (κ3) is 2.31. The lowest BCUT2D eigenvalue weighted by molar-refractivity contribution is -0.142. The number of hydrogen-bond acceptors (Lipinski definition) is 5. The van der Waals surface area contributed by atoms with E-state index < -0.39 is 11.9 Å². The van der Waals surface area contributed by atoms with E-state index >= 15 is 0 Å². The number of rotatable bonds is 4. The molecule has 2 rings (SSSR count). The minimum absolute atomic E-state index is 0.155. The molecular formula is C11H16N2O4. The van der Waals surface area contributed by atoms with E-state index in [1.807, 2.05) is 6.92 Å². The van der Waals surface area contributed by atoms with Crippen LogP contribution in [0, 0.1) is 5.92 Å². The van der Waals surface area contributed by atoms with Crippen LogP contribution < -0.4 is 0 Å². The average Bonchev–Trinajstić information content (AvgIpc) is 2.95. The normalized spacial score (nSPS) is 26.0. The summed E-state index contributed by atoms with van der Waals surface area (Å²) in [6.07, 6.45) is 2.12. The van der Waals surface area contributed by atoms with Crippen molar-refractivity contribution in [3.63, 3.8) is 0 Å². The van der Waals surface area contributed by atoms with Gasteiger partial charge in [-0.3, -0.25) is 4.79 Å². The third-order valence-electron chi connectivity index (χ3n) is 3.32. The minimum atomic E-state index is -0.785. The summed E-state index contributed by atoms with van der Waals surface area (Å²) in [6, 6.07) is 0. The van der Waals surface area contributed by atoms with Crippen LogP contribution in [0.1, 0.15) is 49.9 Å². The molecule has 1 heterocycles. The summed E-state index contributed by atoms with van der Waals surface area (Å²) in [7, 11) is 1.57. The lowest BCUT2D eigenvalue weighted by Crippen LogP contribution is -2.17. The maximum atomic E-state index is 11.1. The van der Waals surface area contributed by atoms with Crippen molar-refractivity contribution < 1.29 is 19.2 Å². The summed E-state index contributed by atoms with van der Waals surface area (Å²) >= 11 is 0. The number of nitrogens with zero attached hydrogens (tertiary/aromatic N) is 2. The van der Waals surface area contributed by atoms with Crippen LogP contribution in [0.5, 0.6) is 0 Å². The van der Waals surface area contributed by atoms with Crippen LogP contribution >= 0.6 is 0 Å². The van der Waals surface area contributed by atoms with Crippen LogP contribution in [0.3, 0.4) is 0 Å². The molecule has 6 heteroatoms. The highest BCUT2D eigenvalue weighted by atomic mass is 16.5. The molecule has 0 radical (unpaired) electrons. The summed E-state index contributed by atoms with van der Waals surface area (Å²) in [6.45, 7) is 1.82. The molecule has 0 saturated heterocycles. The number of carbonyl (C=O) groups is 1. The molecule has 1 aliphatic rings. The highest BCUT2D eigenvalue weighted by Crippen LogP contribution is 2.39. The van der Waals surface area contributed by atoms with Crippen LogP contribution in [0.15, 0.2) is 4.52 Å². The van der Waals surface area contributed by atoms with Crippen LogP contribution in [-0.2, 0) is 9.53 Å². The molecule has 0 aliphatic heterocycles. The first-order valence-corrected chi connectivity index (χ1v) is 5.72.